The second-order valence-electron chi connectivity index (χ2n) is 4.11. The largest absolute Gasteiger partial charge is 0.296 e. The van der Waals surface area contributed by atoms with Crippen molar-refractivity contribution in [3.63, 3.8) is 0 Å². The highest BCUT2D eigenvalue weighted by Crippen LogP contribution is 2.20. The van der Waals surface area contributed by atoms with E-state index in [1.807, 2.05) is 49.4 Å². The Labute approximate surface area is 114 Å². The number of carbonyl (C=O) groups is 1. The van der Waals surface area contributed by atoms with Gasteiger partial charge in [0.25, 0.3) is 5.91 Å². The lowest BCUT2D eigenvalue weighted by molar-refractivity contribution is 0.102. The number of nitrogens with one attached hydrogen (secondary N) is 1. The van der Waals surface area contributed by atoms with Gasteiger partial charge in [0, 0.05) is 5.56 Å². The zero-order valence-corrected chi connectivity index (χ0v) is 11.1. The highest BCUT2D eigenvalue weighted by Gasteiger charge is 2.11. The van der Waals surface area contributed by atoms with E-state index in [1.54, 1.807) is 0 Å². The molecule has 3 rings (SSSR count). The number of anilines is 1. The van der Waals surface area contributed by atoms with E-state index in [9.17, 15) is 4.79 Å². The third kappa shape index (κ3) is 2.32. The fourth-order valence-corrected chi connectivity index (χ4v) is 2.52. The van der Waals surface area contributed by atoms with Crippen LogP contribution < -0.4 is 5.32 Å². The van der Waals surface area contributed by atoms with Gasteiger partial charge in [-0.1, -0.05) is 47.7 Å². The summed E-state index contributed by atoms with van der Waals surface area (Å²) >= 11 is 1.36. The molecule has 0 aliphatic heterocycles. The minimum absolute atomic E-state index is 0.159. The molecule has 5 heteroatoms. The number of hydrogen-bond donors (Lipinski definition) is 1. The van der Waals surface area contributed by atoms with E-state index < -0.39 is 0 Å². The van der Waals surface area contributed by atoms with Crippen molar-refractivity contribution in [2.75, 3.05) is 5.32 Å². The van der Waals surface area contributed by atoms with Gasteiger partial charge in [-0.05, 0) is 23.8 Å². The minimum atomic E-state index is -0.159. The van der Waals surface area contributed by atoms with Crippen molar-refractivity contribution in [3.05, 3.63) is 53.0 Å². The van der Waals surface area contributed by atoms with Crippen LogP contribution in [0.4, 0.5) is 5.13 Å². The highest BCUT2D eigenvalue weighted by molar-refractivity contribution is 7.15. The molecule has 19 heavy (non-hydrogen) atoms. The minimum Gasteiger partial charge on any atom is -0.296 e. The molecule has 0 aliphatic carbocycles. The maximum atomic E-state index is 12.3. The van der Waals surface area contributed by atoms with Gasteiger partial charge in [-0.2, -0.15) is 0 Å². The van der Waals surface area contributed by atoms with E-state index in [0.717, 1.165) is 15.8 Å². The van der Waals surface area contributed by atoms with E-state index in [2.05, 4.69) is 15.5 Å². The van der Waals surface area contributed by atoms with E-state index in [1.165, 1.54) is 11.3 Å². The first-order valence-corrected chi connectivity index (χ1v) is 6.65. The van der Waals surface area contributed by atoms with Crippen LogP contribution in [0.3, 0.4) is 0 Å². The normalized spacial score (nSPS) is 10.6. The van der Waals surface area contributed by atoms with Gasteiger partial charge in [0.15, 0.2) is 0 Å². The third-order valence-electron chi connectivity index (χ3n) is 2.78. The first-order chi connectivity index (χ1) is 9.24. The molecule has 0 radical (unpaired) electrons. The molecular weight excluding hydrogens is 258 g/mol. The molecule has 0 saturated heterocycles. The molecule has 0 atom stereocenters. The van der Waals surface area contributed by atoms with Crippen LogP contribution in [0.2, 0.25) is 0 Å². The second kappa shape index (κ2) is 4.78. The van der Waals surface area contributed by atoms with Crippen molar-refractivity contribution >= 4 is 33.1 Å². The Balaban J connectivity index is 1.97. The van der Waals surface area contributed by atoms with Gasteiger partial charge in [0.05, 0.1) is 0 Å². The number of aromatic nitrogens is 2. The van der Waals surface area contributed by atoms with E-state index in [-0.39, 0.29) is 5.91 Å². The molecule has 1 amide bonds. The molecule has 1 heterocycles. The van der Waals surface area contributed by atoms with Gasteiger partial charge in [-0.25, -0.2) is 0 Å². The molecule has 0 aliphatic rings. The standard InChI is InChI=1S/C14H11N3OS/c1-9-16-17-14(19-9)15-13(18)12-8-4-6-10-5-2-3-7-11(10)12/h2-8H,1H3,(H,15,17,18). The summed E-state index contributed by atoms with van der Waals surface area (Å²) in [6.45, 7) is 1.85. The molecule has 0 saturated carbocycles. The summed E-state index contributed by atoms with van der Waals surface area (Å²) in [6.07, 6.45) is 0. The zero-order valence-electron chi connectivity index (χ0n) is 10.3. The molecule has 2 aromatic carbocycles. The third-order valence-corrected chi connectivity index (χ3v) is 3.53. The topological polar surface area (TPSA) is 54.9 Å². The average Bonchev–Trinajstić information content (AvgIpc) is 2.83. The van der Waals surface area contributed by atoms with Crippen molar-refractivity contribution in [3.8, 4) is 0 Å². The lowest BCUT2D eigenvalue weighted by Crippen LogP contribution is -2.12. The van der Waals surface area contributed by atoms with Gasteiger partial charge in [0.2, 0.25) is 5.13 Å². The number of carbonyl (C=O) groups excluding carboxylic acids is 1. The molecule has 4 nitrogen and oxygen atoms in total. The highest BCUT2D eigenvalue weighted by atomic mass is 32.1. The van der Waals surface area contributed by atoms with Crippen molar-refractivity contribution in [1.82, 2.24) is 10.2 Å². The summed E-state index contributed by atoms with van der Waals surface area (Å²) in [4.78, 5) is 12.3. The summed E-state index contributed by atoms with van der Waals surface area (Å²) in [5, 5.41) is 13.9. The van der Waals surface area contributed by atoms with Gasteiger partial charge in [-0.3, -0.25) is 10.1 Å². The summed E-state index contributed by atoms with van der Waals surface area (Å²) in [5.74, 6) is -0.159. The Bertz CT molecular complexity index is 746. The Hall–Kier alpha value is -2.27. The number of hydrogen-bond acceptors (Lipinski definition) is 4. The maximum absolute atomic E-state index is 12.3. The number of amides is 1. The summed E-state index contributed by atoms with van der Waals surface area (Å²) < 4.78 is 0. The summed E-state index contributed by atoms with van der Waals surface area (Å²) in [5.41, 5.74) is 0.644. The van der Waals surface area contributed by atoms with Crippen molar-refractivity contribution in [2.24, 2.45) is 0 Å². The van der Waals surface area contributed by atoms with Gasteiger partial charge < -0.3 is 0 Å². The molecule has 1 aromatic heterocycles. The van der Waals surface area contributed by atoms with Crippen LogP contribution in [0.25, 0.3) is 10.8 Å². The number of nitrogens with zero attached hydrogens (tertiary/aromatic N) is 2. The van der Waals surface area contributed by atoms with Gasteiger partial charge >= 0.3 is 0 Å². The van der Waals surface area contributed by atoms with Gasteiger partial charge in [-0.15, -0.1) is 10.2 Å². The molecule has 0 unspecified atom stereocenters. The molecule has 94 valence electrons. The molecule has 0 fully saturated rings. The first kappa shape index (κ1) is 11.8. The fraction of sp³-hybridized carbons (Fsp3) is 0.0714. The molecular formula is C14H11N3OS. The number of aryl methyl sites for hydroxylation is 1. The van der Waals surface area contributed by atoms with Crippen LogP contribution in [0.5, 0.6) is 0 Å². The zero-order chi connectivity index (χ0) is 13.2. The first-order valence-electron chi connectivity index (χ1n) is 5.83. The van der Waals surface area contributed by atoms with Crippen LogP contribution in [0.15, 0.2) is 42.5 Å². The van der Waals surface area contributed by atoms with Crippen LogP contribution in [-0.4, -0.2) is 16.1 Å². The van der Waals surface area contributed by atoms with Crippen LogP contribution in [-0.2, 0) is 0 Å². The van der Waals surface area contributed by atoms with Crippen LogP contribution in [0.1, 0.15) is 15.4 Å². The monoisotopic (exact) mass is 269 g/mol. The molecule has 1 N–H and O–H groups in total. The van der Waals surface area contributed by atoms with E-state index >= 15 is 0 Å². The van der Waals surface area contributed by atoms with E-state index in [0.29, 0.717) is 10.7 Å². The Morgan fingerprint density at radius 3 is 2.68 bits per heavy atom. The maximum Gasteiger partial charge on any atom is 0.258 e. The number of fused-ring (bicyclic) bond motifs is 1. The Morgan fingerprint density at radius 2 is 1.89 bits per heavy atom. The quantitative estimate of drug-likeness (QED) is 0.777. The summed E-state index contributed by atoms with van der Waals surface area (Å²) in [6, 6.07) is 13.5. The SMILES string of the molecule is Cc1nnc(NC(=O)c2cccc3ccccc23)s1. The molecule has 0 spiro atoms. The summed E-state index contributed by atoms with van der Waals surface area (Å²) in [7, 11) is 0. The Kier molecular flexibility index (Phi) is 2.97. The average molecular weight is 269 g/mol. The predicted octanol–water partition coefficient (Wildman–Crippen LogP) is 3.25. The van der Waals surface area contributed by atoms with Crippen LogP contribution >= 0.6 is 11.3 Å². The lowest BCUT2D eigenvalue weighted by atomic mass is 10.0. The second-order valence-corrected chi connectivity index (χ2v) is 5.29. The van der Waals surface area contributed by atoms with Crippen molar-refractivity contribution in [2.45, 2.75) is 6.92 Å². The number of rotatable bonds is 2. The molecule has 0 bridgehead atoms. The smallest absolute Gasteiger partial charge is 0.258 e. The fourth-order valence-electron chi connectivity index (χ4n) is 1.93. The van der Waals surface area contributed by atoms with E-state index in [4.69, 9.17) is 0 Å². The number of benzene rings is 2. The van der Waals surface area contributed by atoms with Crippen LogP contribution in [0, 0.1) is 6.92 Å². The van der Waals surface area contributed by atoms with Crippen molar-refractivity contribution in [1.29, 1.82) is 0 Å². The van der Waals surface area contributed by atoms with Gasteiger partial charge in [0.1, 0.15) is 5.01 Å². The van der Waals surface area contributed by atoms with Crippen molar-refractivity contribution < 1.29 is 4.79 Å². The predicted molar refractivity (Wildman–Crippen MR) is 76.5 cm³/mol. The lowest BCUT2D eigenvalue weighted by Gasteiger charge is -2.05. The Morgan fingerprint density at radius 1 is 1.11 bits per heavy atom. The molecule has 3 aromatic rings.